The summed E-state index contributed by atoms with van der Waals surface area (Å²) in [7, 11) is 0. The third-order valence-electron chi connectivity index (χ3n) is 10.5. The Balaban J connectivity index is 2.31. The summed E-state index contributed by atoms with van der Waals surface area (Å²) >= 11 is 0. The number of aliphatic hydroxyl groups is 2. The van der Waals surface area contributed by atoms with Crippen molar-refractivity contribution in [3.05, 3.63) is 60.2 Å². The lowest BCUT2D eigenvalue weighted by molar-refractivity contribution is -0.378. The van der Waals surface area contributed by atoms with Crippen molar-refractivity contribution in [1.82, 2.24) is 0 Å². The van der Waals surface area contributed by atoms with Gasteiger partial charge in [0.15, 0.2) is 6.10 Å². The number of allylic oxidation sites excluding steroid dienone is 1. The van der Waals surface area contributed by atoms with Gasteiger partial charge in [0, 0.05) is 25.3 Å². The zero-order valence-electron chi connectivity index (χ0n) is 38.6. The van der Waals surface area contributed by atoms with Gasteiger partial charge in [-0.15, -0.1) is 0 Å². The molecule has 14 nitrogen and oxygen atoms in total. The molecule has 10 atom stereocenters. The van der Waals surface area contributed by atoms with Crippen molar-refractivity contribution in [2.75, 3.05) is 0 Å². The number of benzene rings is 1. The topological polar surface area (TPSA) is 190 Å². The molecule has 2 N–H and O–H groups in total. The zero-order chi connectivity index (χ0) is 46.5. The van der Waals surface area contributed by atoms with Crippen molar-refractivity contribution in [1.29, 1.82) is 0 Å². The third-order valence-corrected chi connectivity index (χ3v) is 10.5. The van der Waals surface area contributed by atoms with E-state index in [1.165, 1.54) is 69.2 Å². The minimum absolute atomic E-state index is 0.0864. The summed E-state index contributed by atoms with van der Waals surface area (Å²) < 4.78 is 41.6. The van der Waals surface area contributed by atoms with Crippen molar-refractivity contribution in [3.8, 4) is 0 Å². The number of hydrogen-bond donors (Lipinski definition) is 2. The molecule has 342 valence electrons. The Bertz CT molecular complexity index is 1770. The first-order chi connectivity index (χ1) is 27.9. The van der Waals surface area contributed by atoms with Gasteiger partial charge in [-0.05, 0) is 105 Å². The highest BCUT2D eigenvalue weighted by atomic mass is 16.8. The molecule has 1 aromatic rings. The van der Waals surface area contributed by atoms with E-state index in [2.05, 4.69) is 20.4 Å². The lowest BCUT2D eigenvalue weighted by Crippen LogP contribution is -2.79. The fraction of sp³-hybridized carbons (Fsp3) is 0.681. The number of hydrogen-bond acceptors (Lipinski definition) is 14. The summed E-state index contributed by atoms with van der Waals surface area (Å²) in [6.07, 6.45) is -3.46. The molecule has 0 amide bonds. The Labute approximate surface area is 361 Å². The molecule has 0 unspecified atom stereocenters. The lowest BCUT2D eigenvalue weighted by atomic mass is 9.74. The van der Waals surface area contributed by atoms with E-state index in [0.29, 0.717) is 17.9 Å². The van der Waals surface area contributed by atoms with Crippen LogP contribution in [-0.4, -0.2) is 98.3 Å². The van der Waals surface area contributed by atoms with Crippen molar-refractivity contribution in [3.63, 3.8) is 0 Å². The second-order valence-electron chi connectivity index (χ2n) is 19.7. The summed E-state index contributed by atoms with van der Waals surface area (Å²) in [5, 5.41) is 25.5. The zero-order valence-corrected chi connectivity index (χ0v) is 38.6. The van der Waals surface area contributed by atoms with Crippen molar-refractivity contribution < 1.29 is 67.3 Å². The van der Waals surface area contributed by atoms with Gasteiger partial charge in [-0.25, -0.2) is 19.2 Å². The van der Waals surface area contributed by atoms with Crippen LogP contribution in [0, 0.1) is 17.8 Å². The maximum atomic E-state index is 14.9. The first-order valence-electron chi connectivity index (χ1n) is 21.2. The van der Waals surface area contributed by atoms with Crippen LogP contribution in [0.15, 0.2) is 54.6 Å². The molecule has 2 bridgehead atoms. The highest BCUT2D eigenvalue weighted by Crippen LogP contribution is 2.57. The van der Waals surface area contributed by atoms with Gasteiger partial charge in [0.1, 0.15) is 29.0 Å². The molecule has 2 aliphatic heterocycles. The number of carbonyl (C=O) groups is 5. The van der Waals surface area contributed by atoms with Gasteiger partial charge in [-0.2, -0.15) is 0 Å². The Morgan fingerprint density at radius 2 is 1.44 bits per heavy atom. The summed E-state index contributed by atoms with van der Waals surface area (Å²) in [5.74, 6) is -8.58. The van der Waals surface area contributed by atoms with Crippen LogP contribution in [-0.2, 0) is 63.6 Å². The maximum Gasteiger partial charge on any atom is 0.347 e. The number of carbonyl (C=O) groups excluding carboxylic acids is 5. The third kappa shape index (κ3) is 12.5. The molecule has 2 saturated heterocycles. The van der Waals surface area contributed by atoms with E-state index in [0.717, 1.165) is 24.5 Å². The fourth-order valence-corrected chi connectivity index (χ4v) is 7.61. The lowest BCUT2D eigenvalue weighted by Gasteiger charge is -2.51. The molecule has 3 rings (SSSR count). The van der Waals surface area contributed by atoms with E-state index < -0.39 is 94.5 Å². The normalized spacial score (nSPS) is 27.3. The molecular formula is C47H70O14. The van der Waals surface area contributed by atoms with Crippen LogP contribution in [0.5, 0.6) is 0 Å². The van der Waals surface area contributed by atoms with Crippen LogP contribution < -0.4 is 0 Å². The van der Waals surface area contributed by atoms with E-state index in [1.54, 1.807) is 6.08 Å². The average molecular weight is 859 g/mol. The van der Waals surface area contributed by atoms with Crippen molar-refractivity contribution >= 4 is 29.8 Å². The predicted octanol–water partition coefficient (Wildman–Crippen LogP) is 6.65. The van der Waals surface area contributed by atoms with Gasteiger partial charge in [-0.1, -0.05) is 77.1 Å². The quantitative estimate of drug-likeness (QED) is 0.0732. The van der Waals surface area contributed by atoms with Gasteiger partial charge < -0.3 is 43.4 Å². The Kier molecular flexibility index (Phi) is 16.4. The smallest absolute Gasteiger partial charge is 0.347 e. The summed E-state index contributed by atoms with van der Waals surface area (Å²) in [6.45, 7) is 27.0. The molecule has 2 heterocycles. The van der Waals surface area contributed by atoms with E-state index in [1.807, 2.05) is 44.2 Å². The van der Waals surface area contributed by atoms with Gasteiger partial charge >= 0.3 is 29.8 Å². The number of aliphatic hydroxyl groups excluding tert-OH is 1. The second kappa shape index (κ2) is 19.5. The summed E-state index contributed by atoms with van der Waals surface area (Å²) in [5.41, 5.74) is -9.33. The molecule has 14 heteroatoms. The van der Waals surface area contributed by atoms with Gasteiger partial charge in [0.05, 0.1) is 0 Å². The SMILES string of the molecule is C=C(CC[C@]12O[C@H](C(=O)OC(C)(C)C)[C@@](O)(C(=O)OC(C)(C)C)[C@](C(=O)OC(C)(C)C)(O1)[C@H](OC(=O)/C=C/[C@@H](C)C[C@@H](C)CC)[C@@H]2O)[C@@H](OC(C)=O)[C@H](C)Cc1ccccc1. The molecule has 2 aliphatic rings. The van der Waals surface area contributed by atoms with E-state index >= 15 is 0 Å². The summed E-state index contributed by atoms with van der Waals surface area (Å²) in [6, 6.07) is 9.53. The molecule has 61 heavy (non-hydrogen) atoms. The van der Waals surface area contributed by atoms with Gasteiger partial charge in [0.2, 0.25) is 17.5 Å². The molecule has 0 aliphatic carbocycles. The van der Waals surface area contributed by atoms with Crippen molar-refractivity contribution in [2.45, 2.75) is 187 Å². The Hall–Kier alpha value is -4.11. The molecule has 0 aromatic heterocycles. The highest BCUT2D eigenvalue weighted by molar-refractivity contribution is 6.00. The molecule has 2 fully saturated rings. The van der Waals surface area contributed by atoms with E-state index in [-0.39, 0.29) is 18.3 Å². The minimum Gasteiger partial charge on any atom is -0.458 e. The van der Waals surface area contributed by atoms with Crippen LogP contribution in [0.25, 0.3) is 0 Å². The number of fused-ring (bicyclic) bond motifs is 2. The fourth-order valence-electron chi connectivity index (χ4n) is 7.61. The predicted molar refractivity (Wildman–Crippen MR) is 225 cm³/mol. The number of ether oxygens (including phenoxy) is 7. The molecule has 0 spiro atoms. The van der Waals surface area contributed by atoms with Crippen molar-refractivity contribution in [2.24, 2.45) is 17.8 Å². The van der Waals surface area contributed by atoms with Gasteiger partial charge in [0.25, 0.3) is 5.60 Å². The molecule has 1 aromatic carbocycles. The maximum absolute atomic E-state index is 14.9. The first kappa shape index (κ1) is 51.2. The van der Waals surface area contributed by atoms with Crippen LogP contribution >= 0.6 is 0 Å². The Morgan fingerprint density at radius 1 is 0.885 bits per heavy atom. The highest BCUT2D eigenvalue weighted by Gasteiger charge is 2.87. The molecule has 0 saturated carbocycles. The second-order valence-corrected chi connectivity index (χ2v) is 19.7. The molecular weight excluding hydrogens is 789 g/mol. The minimum atomic E-state index is -3.52. The number of rotatable bonds is 17. The van der Waals surface area contributed by atoms with E-state index in [4.69, 9.17) is 33.2 Å². The first-order valence-corrected chi connectivity index (χ1v) is 21.2. The average Bonchev–Trinajstić information content (AvgIpc) is 3.33. The molecule has 0 radical (unpaired) electrons. The number of esters is 5. The van der Waals surface area contributed by atoms with Crippen LogP contribution in [0.4, 0.5) is 0 Å². The largest absolute Gasteiger partial charge is 0.458 e. The van der Waals surface area contributed by atoms with Crippen LogP contribution in [0.3, 0.4) is 0 Å². The summed E-state index contributed by atoms with van der Waals surface area (Å²) in [4.78, 5) is 70.2. The van der Waals surface area contributed by atoms with Gasteiger partial charge in [-0.3, -0.25) is 4.79 Å². The van der Waals surface area contributed by atoms with Crippen LogP contribution in [0.1, 0.15) is 128 Å². The monoisotopic (exact) mass is 858 g/mol. The van der Waals surface area contributed by atoms with Crippen LogP contribution in [0.2, 0.25) is 0 Å². The standard InChI is InChI=1S/C47H70O14/c1-16-28(2)26-29(3)22-23-34(49)56-37-36(50)45(25-24-30(4)35(55-32(6)48)31(5)27-33-20-18-17-19-21-33)57-38(39(51)58-42(7,8)9)46(54,40(52)59-43(10,11)12)47(37,61-45)41(53)60-44(13,14)15/h17-23,28-29,31,35-38,50,54H,4,16,24-27H2,1-3,5-15H3/b23-22+/t28-,29+,31+,35+,36-,37+,38+,45-,46+,47-/m0/s1. The Morgan fingerprint density at radius 3 is 1.97 bits per heavy atom. The van der Waals surface area contributed by atoms with E-state index in [9.17, 15) is 34.2 Å².